The Kier molecular flexibility index (Phi) is 4.82. The first kappa shape index (κ1) is 16.2. The van der Waals surface area contributed by atoms with Crippen molar-refractivity contribution in [3.05, 3.63) is 23.0 Å². The highest BCUT2D eigenvalue weighted by atomic mass is 16.5. The molecule has 2 aromatic heterocycles. The van der Waals surface area contributed by atoms with Gasteiger partial charge in [-0.2, -0.15) is 9.61 Å². The summed E-state index contributed by atoms with van der Waals surface area (Å²) in [7, 11) is 0. The van der Waals surface area contributed by atoms with E-state index in [0.29, 0.717) is 6.04 Å². The van der Waals surface area contributed by atoms with Crippen LogP contribution in [-0.4, -0.2) is 58.4 Å². The summed E-state index contributed by atoms with van der Waals surface area (Å²) in [5.41, 5.74) is 4.15. The molecule has 0 spiro atoms. The van der Waals surface area contributed by atoms with E-state index in [1.807, 2.05) is 18.4 Å². The molecule has 0 saturated carbocycles. The zero-order valence-corrected chi connectivity index (χ0v) is 14.6. The second-order valence-electron chi connectivity index (χ2n) is 6.32. The van der Waals surface area contributed by atoms with Gasteiger partial charge >= 0.3 is 0 Å². The van der Waals surface area contributed by atoms with Gasteiger partial charge in [-0.3, -0.25) is 4.90 Å². The molecule has 3 rings (SSSR count). The van der Waals surface area contributed by atoms with E-state index in [1.54, 1.807) is 0 Å². The maximum absolute atomic E-state index is 5.46. The first-order valence-corrected chi connectivity index (χ1v) is 8.49. The first-order chi connectivity index (χ1) is 11.1. The van der Waals surface area contributed by atoms with E-state index in [9.17, 15) is 0 Å². The van der Waals surface area contributed by atoms with Crippen molar-refractivity contribution in [1.29, 1.82) is 0 Å². The van der Waals surface area contributed by atoms with E-state index in [0.717, 1.165) is 67.7 Å². The molecule has 0 aliphatic carbocycles. The van der Waals surface area contributed by atoms with E-state index in [1.165, 1.54) is 0 Å². The topological polar surface area (TPSA) is 54.7 Å². The minimum absolute atomic E-state index is 0.514. The second-order valence-corrected chi connectivity index (χ2v) is 6.32. The molecule has 0 amide bonds. The molecule has 6 nitrogen and oxygen atoms in total. The molecule has 23 heavy (non-hydrogen) atoms. The number of fused-ring (bicyclic) bond motifs is 1. The van der Waals surface area contributed by atoms with Crippen LogP contribution in [0.5, 0.6) is 0 Å². The summed E-state index contributed by atoms with van der Waals surface area (Å²) in [6.45, 7) is 13.0. The molecule has 0 bridgehead atoms. The van der Waals surface area contributed by atoms with E-state index >= 15 is 0 Å². The van der Waals surface area contributed by atoms with Crippen LogP contribution in [0, 0.1) is 20.8 Å². The van der Waals surface area contributed by atoms with Crippen LogP contribution in [0.3, 0.4) is 0 Å². The maximum atomic E-state index is 5.46. The smallest absolute Gasteiger partial charge is 0.160 e. The number of nitrogens with one attached hydrogen (secondary N) is 1. The summed E-state index contributed by atoms with van der Waals surface area (Å²) in [4.78, 5) is 7.14. The molecule has 1 aliphatic rings. The van der Waals surface area contributed by atoms with Gasteiger partial charge in [0.05, 0.1) is 18.9 Å². The van der Waals surface area contributed by atoms with Crippen LogP contribution in [0.15, 0.2) is 6.07 Å². The minimum atomic E-state index is 0.514. The monoisotopic (exact) mass is 317 g/mol. The van der Waals surface area contributed by atoms with E-state index in [2.05, 4.69) is 40.2 Å². The summed E-state index contributed by atoms with van der Waals surface area (Å²) in [5, 5.41) is 8.22. The number of hydrogen-bond acceptors (Lipinski definition) is 5. The van der Waals surface area contributed by atoms with E-state index in [4.69, 9.17) is 4.74 Å². The van der Waals surface area contributed by atoms with Crippen LogP contribution >= 0.6 is 0 Å². The minimum Gasteiger partial charge on any atom is -0.379 e. The Labute approximate surface area is 137 Å². The lowest BCUT2D eigenvalue weighted by Crippen LogP contribution is -2.46. The van der Waals surface area contributed by atoms with Crippen LogP contribution in [-0.2, 0) is 4.74 Å². The molecule has 0 aromatic carbocycles. The third-order valence-electron chi connectivity index (χ3n) is 4.74. The van der Waals surface area contributed by atoms with Gasteiger partial charge in [0.25, 0.3) is 0 Å². The Hall–Kier alpha value is -1.66. The van der Waals surface area contributed by atoms with E-state index in [-0.39, 0.29) is 0 Å². The maximum Gasteiger partial charge on any atom is 0.160 e. The molecule has 1 aliphatic heterocycles. The summed E-state index contributed by atoms with van der Waals surface area (Å²) in [6.07, 6.45) is 1.12. The third-order valence-corrected chi connectivity index (χ3v) is 4.74. The summed E-state index contributed by atoms with van der Waals surface area (Å²) < 4.78 is 7.40. The zero-order valence-electron chi connectivity index (χ0n) is 14.6. The third kappa shape index (κ3) is 3.33. The first-order valence-electron chi connectivity index (χ1n) is 8.49. The molecule has 1 N–H and O–H groups in total. The van der Waals surface area contributed by atoms with Gasteiger partial charge in [0, 0.05) is 43.0 Å². The van der Waals surface area contributed by atoms with Crippen LogP contribution in [0.2, 0.25) is 0 Å². The fourth-order valence-electron chi connectivity index (χ4n) is 3.17. The molecule has 6 heteroatoms. The molecule has 3 heterocycles. The molecular formula is C17H27N5O. The lowest BCUT2D eigenvalue weighted by molar-refractivity contribution is 0.0184. The van der Waals surface area contributed by atoms with Gasteiger partial charge in [0.1, 0.15) is 5.82 Å². The molecule has 0 unspecified atom stereocenters. The molecular weight excluding hydrogens is 290 g/mol. The van der Waals surface area contributed by atoms with Crippen molar-refractivity contribution in [2.75, 3.05) is 38.2 Å². The normalized spacial score (nSPS) is 17.6. The second kappa shape index (κ2) is 6.84. The molecule has 0 radical (unpaired) electrons. The van der Waals surface area contributed by atoms with Crippen molar-refractivity contribution >= 4 is 11.5 Å². The highest BCUT2D eigenvalue weighted by Gasteiger charge is 2.20. The van der Waals surface area contributed by atoms with E-state index < -0.39 is 0 Å². The average Bonchev–Trinajstić information content (AvgIpc) is 2.84. The van der Waals surface area contributed by atoms with Gasteiger partial charge in [-0.1, -0.05) is 6.92 Å². The van der Waals surface area contributed by atoms with Crippen LogP contribution < -0.4 is 5.32 Å². The number of hydrogen-bond donors (Lipinski definition) is 1. The summed E-state index contributed by atoms with van der Waals surface area (Å²) in [5.74, 6) is 1.02. The van der Waals surface area contributed by atoms with Crippen LogP contribution in [0.25, 0.3) is 5.65 Å². The predicted octanol–water partition coefficient (Wildman–Crippen LogP) is 2.18. The predicted molar refractivity (Wildman–Crippen MR) is 92.2 cm³/mol. The highest BCUT2D eigenvalue weighted by molar-refractivity contribution is 5.55. The van der Waals surface area contributed by atoms with Crippen molar-refractivity contribution < 1.29 is 4.74 Å². The van der Waals surface area contributed by atoms with Crippen LogP contribution in [0.1, 0.15) is 30.3 Å². The number of rotatable bonds is 5. The van der Waals surface area contributed by atoms with Crippen molar-refractivity contribution in [2.24, 2.45) is 0 Å². The van der Waals surface area contributed by atoms with Gasteiger partial charge in [0.2, 0.25) is 0 Å². The fraction of sp³-hybridized carbons (Fsp3) is 0.647. The Morgan fingerprint density at radius 3 is 2.70 bits per heavy atom. The Morgan fingerprint density at radius 2 is 2.00 bits per heavy atom. The van der Waals surface area contributed by atoms with Crippen molar-refractivity contribution in [1.82, 2.24) is 19.5 Å². The lowest BCUT2D eigenvalue weighted by Gasteiger charge is -2.34. The SMILES string of the molecule is CC[C@H](CNc1cc(C)nc2c(C)c(C)nn12)N1CCOCC1. The molecule has 126 valence electrons. The molecule has 1 atom stereocenters. The van der Waals surface area contributed by atoms with Crippen molar-refractivity contribution in [2.45, 2.75) is 40.2 Å². The Balaban J connectivity index is 1.79. The fourth-order valence-corrected chi connectivity index (χ4v) is 3.17. The largest absolute Gasteiger partial charge is 0.379 e. The number of aryl methyl sites for hydroxylation is 3. The highest BCUT2D eigenvalue weighted by Crippen LogP contribution is 2.18. The zero-order chi connectivity index (χ0) is 16.4. The Morgan fingerprint density at radius 1 is 1.26 bits per heavy atom. The van der Waals surface area contributed by atoms with Crippen molar-refractivity contribution in [3.63, 3.8) is 0 Å². The van der Waals surface area contributed by atoms with Gasteiger partial charge in [0.15, 0.2) is 5.65 Å². The molecule has 1 saturated heterocycles. The number of nitrogens with zero attached hydrogens (tertiary/aromatic N) is 4. The Bertz CT molecular complexity index is 675. The average molecular weight is 317 g/mol. The molecule has 2 aromatic rings. The van der Waals surface area contributed by atoms with Gasteiger partial charge < -0.3 is 10.1 Å². The number of anilines is 1. The number of morpholine rings is 1. The lowest BCUT2D eigenvalue weighted by atomic mass is 10.1. The standard InChI is InChI=1S/C17H27N5O/c1-5-15(21-6-8-23-9-7-21)11-18-16-10-12(2)19-17-13(3)14(4)20-22(16)17/h10,15,18H,5-9,11H2,1-4H3/t15-/m1/s1. The number of aromatic nitrogens is 3. The summed E-state index contributed by atoms with van der Waals surface area (Å²) in [6, 6.07) is 2.59. The quantitative estimate of drug-likeness (QED) is 0.916. The summed E-state index contributed by atoms with van der Waals surface area (Å²) >= 11 is 0. The molecule has 1 fully saturated rings. The van der Waals surface area contributed by atoms with Crippen molar-refractivity contribution in [3.8, 4) is 0 Å². The number of ether oxygens (including phenoxy) is 1. The van der Waals surface area contributed by atoms with Crippen LogP contribution in [0.4, 0.5) is 5.82 Å². The van der Waals surface area contributed by atoms with Gasteiger partial charge in [-0.15, -0.1) is 0 Å². The van der Waals surface area contributed by atoms with Gasteiger partial charge in [-0.05, 0) is 27.2 Å². The van der Waals surface area contributed by atoms with Gasteiger partial charge in [-0.25, -0.2) is 4.98 Å².